The minimum atomic E-state index is 0.246. The Balaban J connectivity index is 0.000000318. The highest BCUT2D eigenvalue weighted by Gasteiger charge is 2.20. The van der Waals surface area contributed by atoms with Crippen LogP contribution in [-0.4, -0.2) is 39.9 Å². The van der Waals surface area contributed by atoms with Crippen LogP contribution in [-0.2, 0) is 6.54 Å². The van der Waals surface area contributed by atoms with Crippen LogP contribution in [0.2, 0.25) is 0 Å². The van der Waals surface area contributed by atoms with Crippen molar-refractivity contribution < 1.29 is 9.47 Å². The lowest BCUT2D eigenvalue weighted by Gasteiger charge is -2.07. The Morgan fingerprint density at radius 2 is 1.97 bits per heavy atom. The highest BCUT2D eigenvalue weighted by atomic mass is 79.9. The molecule has 3 N–H and O–H groups in total. The second-order valence-corrected chi connectivity index (χ2v) is 8.48. The number of ether oxygens (including phenoxy) is 2. The number of nitrogens with one attached hydrogen (secondary N) is 1. The fourth-order valence-electron chi connectivity index (χ4n) is 2.92. The molecule has 4 rings (SSSR count). The molecule has 162 valence electrons. The van der Waals surface area contributed by atoms with Crippen LogP contribution in [0.3, 0.4) is 0 Å². The number of nitrogen functional groups attached to an aromatic ring is 1. The summed E-state index contributed by atoms with van der Waals surface area (Å²) in [6.07, 6.45) is 5.46. The molecule has 0 fully saturated rings. The zero-order chi connectivity index (χ0) is 21.5. The lowest BCUT2D eigenvalue weighted by atomic mass is 10.2. The summed E-state index contributed by atoms with van der Waals surface area (Å²) in [4.78, 5) is 13.9. The third-order valence-corrected chi connectivity index (χ3v) is 6.47. The Labute approximate surface area is 189 Å². The average molecular weight is 495 g/mol. The van der Waals surface area contributed by atoms with Crippen molar-refractivity contribution in [3.05, 3.63) is 22.9 Å². The van der Waals surface area contributed by atoms with Gasteiger partial charge in [0.2, 0.25) is 6.79 Å². The number of imidazole rings is 1. The Kier molecular flexibility index (Phi) is 8.17. The van der Waals surface area contributed by atoms with Crippen LogP contribution in [0.25, 0.3) is 11.2 Å². The number of aromatic nitrogens is 4. The molecule has 0 saturated carbocycles. The number of unbranched alkanes of at least 4 members (excludes halogenated alkanes) is 2. The predicted octanol–water partition coefficient (Wildman–Crippen LogP) is 4.47. The Hall–Kier alpha value is -2.04. The summed E-state index contributed by atoms with van der Waals surface area (Å²) < 4.78 is 13.7. The molecule has 0 saturated heterocycles. The first kappa shape index (κ1) is 22.6. The number of aryl methyl sites for hydroxylation is 1. The van der Waals surface area contributed by atoms with E-state index in [9.17, 15) is 0 Å². The normalized spacial score (nSPS) is 12.1. The standard InChI is InChI=1S/C14H12BrN5O2S.C6H15N/c1-2-20-13-11(12(16)17-5-18-13)19-14(20)23-10-4-9-8(3-7(10)15)21-6-22-9;1-3-4-5-6-7-2/h3-5H,2,6H2,1H3,(H2,16,17,18);7H,3-6H2,1-2H3. The first-order chi connectivity index (χ1) is 14.6. The second-order valence-electron chi connectivity index (χ2n) is 6.62. The summed E-state index contributed by atoms with van der Waals surface area (Å²) >= 11 is 5.08. The molecule has 0 bridgehead atoms. The summed E-state index contributed by atoms with van der Waals surface area (Å²) in [5.74, 6) is 1.85. The highest BCUT2D eigenvalue weighted by molar-refractivity contribution is 9.10. The predicted molar refractivity (Wildman–Crippen MR) is 123 cm³/mol. The van der Waals surface area contributed by atoms with E-state index in [0.29, 0.717) is 11.3 Å². The van der Waals surface area contributed by atoms with Gasteiger partial charge in [0.1, 0.15) is 6.33 Å². The fraction of sp³-hybridized carbons (Fsp3) is 0.450. The molecule has 1 aromatic carbocycles. The molecule has 1 aliphatic rings. The lowest BCUT2D eigenvalue weighted by Crippen LogP contribution is -2.06. The van der Waals surface area contributed by atoms with Crippen LogP contribution in [0, 0.1) is 0 Å². The van der Waals surface area contributed by atoms with E-state index in [1.807, 2.05) is 30.7 Å². The van der Waals surface area contributed by atoms with Gasteiger partial charge in [-0.2, -0.15) is 0 Å². The summed E-state index contributed by atoms with van der Waals surface area (Å²) in [7, 11) is 2.00. The molecular weight excluding hydrogens is 468 g/mol. The number of fused-ring (bicyclic) bond motifs is 2. The summed E-state index contributed by atoms with van der Waals surface area (Å²) in [5.41, 5.74) is 7.26. The SMILES string of the molecule is CCCCCNC.CCn1c(Sc2cc3c(cc2Br)OCO3)nc2c(N)ncnc21. The minimum Gasteiger partial charge on any atom is -0.454 e. The third-order valence-electron chi connectivity index (χ3n) is 4.50. The monoisotopic (exact) mass is 494 g/mol. The number of benzene rings is 1. The molecule has 0 amide bonds. The van der Waals surface area contributed by atoms with Crippen LogP contribution in [0.1, 0.15) is 33.1 Å². The first-order valence-electron chi connectivity index (χ1n) is 9.97. The topological polar surface area (TPSA) is 100 Å². The second kappa shape index (κ2) is 10.8. The molecular formula is C20H27BrN6O2S. The number of anilines is 1. The Morgan fingerprint density at radius 3 is 2.67 bits per heavy atom. The molecule has 30 heavy (non-hydrogen) atoms. The van der Waals surface area contributed by atoms with Gasteiger partial charge in [0.25, 0.3) is 0 Å². The van der Waals surface area contributed by atoms with E-state index >= 15 is 0 Å². The van der Waals surface area contributed by atoms with Crippen molar-refractivity contribution in [2.24, 2.45) is 0 Å². The average Bonchev–Trinajstić information content (AvgIpc) is 3.33. The van der Waals surface area contributed by atoms with Crippen molar-refractivity contribution in [2.75, 3.05) is 26.1 Å². The molecule has 1 aliphatic heterocycles. The van der Waals surface area contributed by atoms with Crippen molar-refractivity contribution in [1.82, 2.24) is 24.8 Å². The highest BCUT2D eigenvalue weighted by Crippen LogP contribution is 2.43. The van der Waals surface area contributed by atoms with Crippen LogP contribution < -0.4 is 20.5 Å². The van der Waals surface area contributed by atoms with Crippen molar-refractivity contribution in [2.45, 2.75) is 49.7 Å². The molecule has 3 aromatic rings. The van der Waals surface area contributed by atoms with E-state index < -0.39 is 0 Å². The zero-order valence-electron chi connectivity index (χ0n) is 17.4. The number of halogens is 1. The Bertz CT molecular complexity index is 993. The van der Waals surface area contributed by atoms with E-state index in [0.717, 1.165) is 38.2 Å². The van der Waals surface area contributed by atoms with Crippen LogP contribution in [0.5, 0.6) is 11.5 Å². The van der Waals surface area contributed by atoms with Gasteiger partial charge in [-0.15, -0.1) is 0 Å². The maximum atomic E-state index is 5.91. The fourth-order valence-corrected chi connectivity index (χ4v) is 4.47. The largest absolute Gasteiger partial charge is 0.454 e. The van der Waals surface area contributed by atoms with Crippen molar-refractivity contribution >= 4 is 44.7 Å². The van der Waals surface area contributed by atoms with Gasteiger partial charge in [-0.05, 0) is 55.0 Å². The van der Waals surface area contributed by atoms with Gasteiger partial charge in [0, 0.05) is 15.9 Å². The summed E-state index contributed by atoms with van der Waals surface area (Å²) in [6, 6.07) is 3.84. The molecule has 2 aromatic heterocycles. The summed E-state index contributed by atoms with van der Waals surface area (Å²) in [5, 5.41) is 3.90. The number of hydrogen-bond acceptors (Lipinski definition) is 8. The van der Waals surface area contributed by atoms with Crippen molar-refractivity contribution in [3.8, 4) is 11.5 Å². The molecule has 10 heteroatoms. The van der Waals surface area contributed by atoms with Crippen LogP contribution in [0.4, 0.5) is 5.82 Å². The first-order valence-corrected chi connectivity index (χ1v) is 11.6. The van der Waals surface area contributed by atoms with Gasteiger partial charge < -0.3 is 25.1 Å². The summed E-state index contributed by atoms with van der Waals surface area (Å²) in [6.45, 7) is 6.41. The molecule has 8 nitrogen and oxygen atoms in total. The maximum absolute atomic E-state index is 5.91. The number of hydrogen-bond donors (Lipinski definition) is 2. The van der Waals surface area contributed by atoms with Crippen LogP contribution in [0.15, 0.2) is 33.0 Å². The van der Waals surface area contributed by atoms with Crippen molar-refractivity contribution in [1.29, 1.82) is 0 Å². The molecule has 0 spiro atoms. The van der Waals surface area contributed by atoms with Gasteiger partial charge >= 0.3 is 0 Å². The maximum Gasteiger partial charge on any atom is 0.231 e. The van der Waals surface area contributed by atoms with E-state index in [1.165, 1.54) is 43.9 Å². The quantitative estimate of drug-likeness (QED) is 0.464. The van der Waals surface area contributed by atoms with E-state index in [1.54, 1.807) is 0 Å². The van der Waals surface area contributed by atoms with Crippen molar-refractivity contribution in [3.63, 3.8) is 0 Å². The van der Waals surface area contributed by atoms with E-state index in [4.69, 9.17) is 15.2 Å². The van der Waals surface area contributed by atoms with Gasteiger partial charge in [-0.3, -0.25) is 0 Å². The molecule has 0 unspecified atom stereocenters. The lowest BCUT2D eigenvalue weighted by molar-refractivity contribution is 0.174. The van der Waals surface area contributed by atoms with Gasteiger partial charge in [-0.25, -0.2) is 15.0 Å². The number of nitrogens with zero attached hydrogens (tertiary/aromatic N) is 4. The van der Waals surface area contributed by atoms with E-state index in [-0.39, 0.29) is 6.79 Å². The zero-order valence-corrected chi connectivity index (χ0v) is 19.8. The number of rotatable bonds is 7. The van der Waals surface area contributed by atoms with Gasteiger partial charge in [0.05, 0.1) is 0 Å². The third kappa shape index (κ3) is 5.16. The van der Waals surface area contributed by atoms with Gasteiger partial charge in [-0.1, -0.05) is 31.5 Å². The molecule has 3 heterocycles. The van der Waals surface area contributed by atoms with E-state index in [2.05, 4.69) is 43.1 Å². The molecule has 0 radical (unpaired) electrons. The molecule has 0 atom stereocenters. The minimum absolute atomic E-state index is 0.246. The Morgan fingerprint density at radius 1 is 1.20 bits per heavy atom. The van der Waals surface area contributed by atoms with Crippen LogP contribution >= 0.6 is 27.7 Å². The molecule has 0 aliphatic carbocycles. The smallest absolute Gasteiger partial charge is 0.231 e. The van der Waals surface area contributed by atoms with Gasteiger partial charge in [0.15, 0.2) is 33.6 Å². The number of nitrogens with two attached hydrogens (primary N) is 1.